The van der Waals surface area contributed by atoms with E-state index in [-0.39, 0.29) is 24.2 Å². The Morgan fingerprint density at radius 2 is 1.96 bits per heavy atom. The molecule has 3 rings (SSSR count). The van der Waals surface area contributed by atoms with Gasteiger partial charge in [0.1, 0.15) is 5.82 Å². The maximum absolute atomic E-state index is 12.9. The molecule has 1 N–H and O–H groups in total. The van der Waals surface area contributed by atoms with Gasteiger partial charge in [-0.1, -0.05) is 37.1 Å². The van der Waals surface area contributed by atoms with Gasteiger partial charge < -0.3 is 4.42 Å². The average Bonchev–Trinajstić information content (AvgIpc) is 3.05. The summed E-state index contributed by atoms with van der Waals surface area (Å²) in [6.07, 6.45) is 0.0957. The van der Waals surface area contributed by atoms with E-state index in [0.717, 1.165) is 10.5 Å². The molecule has 0 radical (unpaired) electrons. The number of halogens is 1. The van der Waals surface area contributed by atoms with E-state index < -0.39 is 0 Å². The molecule has 1 amide bonds. The van der Waals surface area contributed by atoms with E-state index in [1.807, 2.05) is 24.3 Å². The summed E-state index contributed by atoms with van der Waals surface area (Å²) in [6.45, 7) is 4.25. The number of carbonyl (C=O) groups excluding carboxylic acids is 1. The Morgan fingerprint density at radius 1 is 1.19 bits per heavy atom. The zero-order valence-corrected chi connectivity index (χ0v) is 15.2. The fourth-order valence-corrected chi connectivity index (χ4v) is 3.21. The van der Waals surface area contributed by atoms with Crippen molar-refractivity contribution in [2.24, 2.45) is 0 Å². The molecule has 0 spiro atoms. The minimum Gasteiger partial charge on any atom is -0.403 e. The summed E-state index contributed by atoms with van der Waals surface area (Å²) in [5.41, 5.74) is 1.49. The molecular weight excluding hydrogens is 353 g/mol. The van der Waals surface area contributed by atoms with Gasteiger partial charge in [-0.25, -0.2) is 4.39 Å². The number of hydrogen-bond acceptors (Lipinski definition) is 5. The van der Waals surface area contributed by atoms with Gasteiger partial charge in [0.2, 0.25) is 11.8 Å². The SMILES string of the molecule is CC(C)Sc1cccc(-c2nnc(NC(=O)Cc3ccc(F)cc3)o2)c1. The molecule has 26 heavy (non-hydrogen) atoms. The smallest absolute Gasteiger partial charge is 0.322 e. The Hall–Kier alpha value is -2.67. The minimum absolute atomic E-state index is 0.0361. The topological polar surface area (TPSA) is 68.0 Å². The Kier molecular flexibility index (Phi) is 5.68. The van der Waals surface area contributed by atoms with Crippen LogP contribution in [0.5, 0.6) is 0 Å². The summed E-state index contributed by atoms with van der Waals surface area (Å²) < 4.78 is 18.4. The van der Waals surface area contributed by atoms with Crippen LogP contribution in [0.1, 0.15) is 19.4 Å². The highest BCUT2D eigenvalue weighted by Gasteiger charge is 2.12. The van der Waals surface area contributed by atoms with Crippen LogP contribution in [-0.4, -0.2) is 21.4 Å². The number of amides is 1. The van der Waals surface area contributed by atoms with Crippen molar-refractivity contribution in [1.82, 2.24) is 10.2 Å². The van der Waals surface area contributed by atoms with Crippen LogP contribution in [0.25, 0.3) is 11.5 Å². The Morgan fingerprint density at radius 3 is 2.69 bits per heavy atom. The lowest BCUT2D eigenvalue weighted by atomic mass is 10.1. The quantitative estimate of drug-likeness (QED) is 0.644. The van der Waals surface area contributed by atoms with Crippen LogP contribution >= 0.6 is 11.8 Å². The standard InChI is InChI=1S/C19H18FN3O2S/c1-12(2)26-16-5-3-4-14(11-16)18-22-23-19(25-18)21-17(24)10-13-6-8-15(20)9-7-13/h3-9,11-12H,10H2,1-2H3,(H,21,23,24). The van der Waals surface area contributed by atoms with E-state index in [1.54, 1.807) is 23.9 Å². The predicted octanol–water partition coefficient (Wildman–Crippen LogP) is 4.56. The number of benzene rings is 2. The summed E-state index contributed by atoms with van der Waals surface area (Å²) >= 11 is 1.74. The first kappa shape index (κ1) is 18.1. The molecule has 7 heteroatoms. The highest BCUT2D eigenvalue weighted by Crippen LogP contribution is 2.28. The fraction of sp³-hybridized carbons (Fsp3) is 0.211. The number of aromatic nitrogens is 2. The van der Waals surface area contributed by atoms with Crippen LogP contribution in [0.2, 0.25) is 0 Å². The van der Waals surface area contributed by atoms with E-state index in [0.29, 0.717) is 16.7 Å². The van der Waals surface area contributed by atoms with Crippen molar-refractivity contribution in [3.63, 3.8) is 0 Å². The molecule has 0 unspecified atom stereocenters. The second-order valence-corrected chi connectivity index (χ2v) is 7.61. The maximum atomic E-state index is 12.9. The number of nitrogens with zero attached hydrogens (tertiary/aromatic N) is 2. The van der Waals surface area contributed by atoms with Crippen LogP contribution < -0.4 is 5.32 Å². The highest BCUT2D eigenvalue weighted by molar-refractivity contribution is 7.99. The Balaban J connectivity index is 1.66. The van der Waals surface area contributed by atoms with E-state index in [9.17, 15) is 9.18 Å². The van der Waals surface area contributed by atoms with Gasteiger partial charge >= 0.3 is 6.01 Å². The molecule has 134 valence electrons. The molecule has 2 aromatic carbocycles. The lowest BCUT2D eigenvalue weighted by Crippen LogP contribution is -2.14. The van der Waals surface area contributed by atoms with Crippen LogP contribution in [0.4, 0.5) is 10.4 Å². The first-order chi connectivity index (χ1) is 12.5. The monoisotopic (exact) mass is 371 g/mol. The molecule has 0 aliphatic heterocycles. The number of nitrogens with one attached hydrogen (secondary N) is 1. The van der Waals surface area contributed by atoms with Gasteiger partial charge in [-0.2, -0.15) is 0 Å². The lowest BCUT2D eigenvalue weighted by Gasteiger charge is -2.05. The van der Waals surface area contributed by atoms with Crippen LogP contribution in [-0.2, 0) is 11.2 Å². The van der Waals surface area contributed by atoms with Gasteiger partial charge in [0, 0.05) is 15.7 Å². The van der Waals surface area contributed by atoms with Gasteiger partial charge in [-0.3, -0.25) is 10.1 Å². The third-order valence-electron chi connectivity index (χ3n) is 3.40. The molecule has 0 bridgehead atoms. The van der Waals surface area contributed by atoms with Crippen LogP contribution in [0, 0.1) is 5.82 Å². The highest BCUT2D eigenvalue weighted by atomic mass is 32.2. The van der Waals surface area contributed by atoms with Crippen LogP contribution in [0.15, 0.2) is 57.8 Å². The molecule has 0 aliphatic carbocycles. The van der Waals surface area contributed by atoms with E-state index >= 15 is 0 Å². The summed E-state index contributed by atoms with van der Waals surface area (Å²) in [5, 5.41) is 10.9. The largest absolute Gasteiger partial charge is 0.403 e. The van der Waals surface area contributed by atoms with Gasteiger partial charge in [0.25, 0.3) is 0 Å². The molecule has 0 atom stereocenters. The molecule has 5 nitrogen and oxygen atoms in total. The van der Waals surface area contributed by atoms with E-state index in [4.69, 9.17) is 4.42 Å². The van der Waals surface area contributed by atoms with Crippen LogP contribution in [0.3, 0.4) is 0 Å². The van der Waals surface area contributed by atoms with E-state index in [1.165, 1.54) is 12.1 Å². The molecule has 1 heterocycles. The maximum Gasteiger partial charge on any atom is 0.322 e. The molecule has 3 aromatic rings. The zero-order valence-electron chi connectivity index (χ0n) is 14.4. The van der Waals surface area contributed by atoms with Gasteiger partial charge in [-0.05, 0) is 35.9 Å². The van der Waals surface area contributed by atoms with Gasteiger partial charge in [0.05, 0.1) is 6.42 Å². The number of carbonyl (C=O) groups is 1. The number of rotatable bonds is 6. The van der Waals surface area contributed by atoms with Crippen molar-refractivity contribution >= 4 is 23.7 Å². The molecule has 0 saturated carbocycles. The Bertz CT molecular complexity index is 894. The summed E-state index contributed by atoms with van der Waals surface area (Å²) in [4.78, 5) is 13.2. The van der Waals surface area contributed by atoms with Crippen molar-refractivity contribution in [2.75, 3.05) is 5.32 Å². The number of thioether (sulfide) groups is 1. The van der Waals surface area contributed by atoms with Crippen molar-refractivity contribution < 1.29 is 13.6 Å². The van der Waals surface area contributed by atoms with Crippen molar-refractivity contribution in [2.45, 2.75) is 30.4 Å². The molecule has 0 fully saturated rings. The third kappa shape index (κ3) is 4.92. The van der Waals surface area contributed by atoms with Crippen molar-refractivity contribution in [3.05, 3.63) is 59.9 Å². The van der Waals surface area contributed by atoms with Gasteiger partial charge in [-0.15, -0.1) is 16.9 Å². The van der Waals surface area contributed by atoms with Gasteiger partial charge in [0.15, 0.2) is 0 Å². The first-order valence-corrected chi connectivity index (χ1v) is 9.02. The molecule has 0 aliphatic rings. The molecular formula is C19H18FN3O2S. The zero-order chi connectivity index (χ0) is 18.5. The summed E-state index contributed by atoms with van der Waals surface area (Å²) in [7, 11) is 0. The second-order valence-electron chi connectivity index (χ2n) is 5.96. The first-order valence-electron chi connectivity index (χ1n) is 8.14. The summed E-state index contributed by atoms with van der Waals surface area (Å²) in [6, 6.07) is 13.6. The molecule has 1 aromatic heterocycles. The number of hydrogen-bond donors (Lipinski definition) is 1. The van der Waals surface area contributed by atoms with Crippen molar-refractivity contribution in [3.8, 4) is 11.5 Å². The normalized spacial score (nSPS) is 10.9. The second kappa shape index (κ2) is 8.14. The predicted molar refractivity (Wildman–Crippen MR) is 99.5 cm³/mol. The minimum atomic E-state index is -0.339. The lowest BCUT2D eigenvalue weighted by molar-refractivity contribution is -0.115. The van der Waals surface area contributed by atoms with Crippen molar-refractivity contribution in [1.29, 1.82) is 0 Å². The fourth-order valence-electron chi connectivity index (χ4n) is 2.32. The third-order valence-corrected chi connectivity index (χ3v) is 4.40. The molecule has 0 saturated heterocycles. The summed E-state index contributed by atoms with van der Waals surface area (Å²) in [5.74, 6) is -0.308. The average molecular weight is 371 g/mol. The van der Waals surface area contributed by atoms with E-state index in [2.05, 4.69) is 29.4 Å². The number of anilines is 1. The Labute approximate surface area is 155 Å².